The fraction of sp³-hybridized carbons (Fsp3) is 0.200. The lowest BCUT2D eigenvalue weighted by atomic mass is 10.1. The molecular formula is C15H16N2O. The molecule has 2 aromatic rings. The van der Waals surface area contributed by atoms with Crippen LogP contribution in [0.4, 0.5) is 0 Å². The Bertz CT molecular complexity index is 506. The van der Waals surface area contributed by atoms with Gasteiger partial charge in [0.25, 0.3) is 0 Å². The number of aromatic nitrogens is 1. The Balaban J connectivity index is 1.84. The summed E-state index contributed by atoms with van der Waals surface area (Å²) in [7, 11) is 0. The van der Waals surface area contributed by atoms with Crippen LogP contribution in [0.2, 0.25) is 0 Å². The SMILES string of the molecule is Cc1ccc(C(=O)CNCc2cccnc2)cc1. The normalized spacial score (nSPS) is 10.3. The quantitative estimate of drug-likeness (QED) is 0.816. The van der Waals surface area contributed by atoms with Gasteiger partial charge in [-0.2, -0.15) is 0 Å². The standard InChI is InChI=1S/C15H16N2O/c1-12-4-6-14(7-5-12)15(18)11-17-10-13-3-2-8-16-9-13/h2-9,17H,10-11H2,1H3. The van der Waals surface area contributed by atoms with E-state index in [1.807, 2.05) is 43.3 Å². The van der Waals surface area contributed by atoms with Crippen molar-refractivity contribution in [3.63, 3.8) is 0 Å². The van der Waals surface area contributed by atoms with Crippen molar-refractivity contribution in [1.82, 2.24) is 10.3 Å². The average Bonchev–Trinajstić information content (AvgIpc) is 2.40. The number of hydrogen-bond donors (Lipinski definition) is 1. The number of aryl methyl sites for hydroxylation is 1. The topological polar surface area (TPSA) is 42.0 Å². The van der Waals surface area contributed by atoms with E-state index in [1.165, 1.54) is 0 Å². The third kappa shape index (κ3) is 3.50. The first-order valence-corrected chi connectivity index (χ1v) is 5.95. The highest BCUT2D eigenvalue weighted by molar-refractivity contribution is 5.97. The van der Waals surface area contributed by atoms with E-state index in [0.29, 0.717) is 13.1 Å². The molecule has 0 spiro atoms. The van der Waals surface area contributed by atoms with Gasteiger partial charge >= 0.3 is 0 Å². The van der Waals surface area contributed by atoms with Crippen LogP contribution in [0.15, 0.2) is 48.8 Å². The van der Waals surface area contributed by atoms with Crippen molar-refractivity contribution in [2.75, 3.05) is 6.54 Å². The molecule has 0 fully saturated rings. The molecule has 0 aliphatic rings. The lowest BCUT2D eigenvalue weighted by molar-refractivity contribution is 0.0991. The van der Waals surface area contributed by atoms with Crippen LogP contribution in [-0.4, -0.2) is 17.3 Å². The summed E-state index contributed by atoms with van der Waals surface area (Å²) in [5.41, 5.74) is 2.99. The third-order valence-electron chi connectivity index (χ3n) is 2.71. The summed E-state index contributed by atoms with van der Waals surface area (Å²) in [6.07, 6.45) is 3.53. The minimum absolute atomic E-state index is 0.110. The number of rotatable bonds is 5. The van der Waals surface area contributed by atoms with Crippen LogP contribution >= 0.6 is 0 Å². The fourth-order valence-electron chi connectivity index (χ4n) is 1.66. The van der Waals surface area contributed by atoms with Crippen LogP contribution in [0, 0.1) is 6.92 Å². The molecule has 0 radical (unpaired) electrons. The highest BCUT2D eigenvalue weighted by Gasteiger charge is 2.04. The van der Waals surface area contributed by atoms with E-state index in [0.717, 1.165) is 16.7 Å². The molecule has 3 heteroatoms. The van der Waals surface area contributed by atoms with Gasteiger partial charge in [0.1, 0.15) is 0 Å². The molecule has 1 N–H and O–H groups in total. The first kappa shape index (κ1) is 12.5. The Labute approximate surface area is 107 Å². The molecule has 0 saturated heterocycles. The molecule has 18 heavy (non-hydrogen) atoms. The van der Waals surface area contributed by atoms with E-state index in [9.17, 15) is 4.79 Å². The number of Topliss-reactive ketones (excluding diaryl/α,β-unsaturated/α-hetero) is 1. The molecule has 0 aliphatic carbocycles. The molecule has 0 aliphatic heterocycles. The van der Waals surface area contributed by atoms with Gasteiger partial charge in [0, 0.05) is 24.5 Å². The first-order valence-electron chi connectivity index (χ1n) is 5.95. The molecule has 0 amide bonds. The summed E-state index contributed by atoms with van der Waals surface area (Å²) in [6, 6.07) is 11.5. The van der Waals surface area contributed by atoms with Gasteiger partial charge in [-0.25, -0.2) is 0 Å². The predicted molar refractivity (Wildman–Crippen MR) is 71.5 cm³/mol. The van der Waals surface area contributed by atoms with Gasteiger partial charge in [-0.15, -0.1) is 0 Å². The van der Waals surface area contributed by atoms with Crippen molar-refractivity contribution in [3.05, 3.63) is 65.5 Å². The predicted octanol–water partition coefficient (Wildman–Crippen LogP) is 2.36. The second-order valence-electron chi connectivity index (χ2n) is 4.25. The molecule has 1 heterocycles. The lowest BCUT2D eigenvalue weighted by Crippen LogP contribution is -2.22. The summed E-state index contributed by atoms with van der Waals surface area (Å²) < 4.78 is 0. The summed E-state index contributed by atoms with van der Waals surface area (Å²) in [6.45, 7) is 3.01. The number of pyridine rings is 1. The summed E-state index contributed by atoms with van der Waals surface area (Å²) in [5, 5.41) is 3.13. The number of benzene rings is 1. The number of nitrogens with one attached hydrogen (secondary N) is 1. The van der Waals surface area contributed by atoms with Crippen LogP contribution in [0.3, 0.4) is 0 Å². The molecule has 0 saturated carbocycles. The van der Waals surface area contributed by atoms with Crippen molar-refractivity contribution in [2.24, 2.45) is 0 Å². The molecular weight excluding hydrogens is 224 g/mol. The van der Waals surface area contributed by atoms with Crippen molar-refractivity contribution in [2.45, 2.75) is 13.5 Å². The zero-order valence-electron chi connectivity index (χ0n) is 10.4. The number of hydrogen-bond acceptors (Lipinski definition) is 3. The summed E-state index contributed by atoms with van der Waals surface area (Å²) >= 11 is 0. The van der Waals surface area contributed by atoms with Crippen molar-refractivity contribution < 1.29 is 4.79 Å². The van der Waals surface area contributed by atoms with E-state index in [1.54, 1.807) is 12.4 Å². The molecule has 2 rings (SSSR count). The van der Waals surface area contributed by atoms with Crippen molar-refractivity contribution >= 4 is 5.78 Å². The van der Waals surface area contributed by atoms with E-state index in [-0.39, 0.29) is 5.78 Å². The molecule has 0 atom stereocenters. The summed E-state index contributed by atoms with van der Waals surface area (Å²) in [5.74, 6) is 0.110. The fourth-order valence-corrected chi connectivity index (χ4v) is 1.66. The average molecular weight is 240 g/mol. The maximum atomic E-state index is 11.9. The van der Waals surface area contributed by atoms with E-state index in [2.05, 4.69) is 10.3 Å². The van der Waals surface area contributed by atoms with Crippen LogP contribution in [0.5, 0.6) is 0 Å². The molecule has 1 aromatic heterocycles. The van der Waals surface area contributed by atoms with Crippen LogP contribution in [0.1, 0.15) is 21.5 Å². The second kappa shape index (κ2) is 6.07. The highest BCUT2D eigenvalue weighted by atomic mass is 16.1. The van der Waals surface area contributed by atoms with Crippen LogP contribution < -0.4 is 5.32 Å². The first-order chi connectivity index (χ1) is 8.75. The van der Waals surface area contributed by atoms with Crippen LogP contribution in [-0.2, 0) is 6.54 Å². The molecule has 0 bridgehead atoms. The maximum absolute atomic E-state index is 11.9. The highest BCUT2D eigenvalue weighted by Crippen LogP contribution is 2.03. The van der Waals surface area contributed by atoms with Crippen LogP contribution in [0.25, 0.3) is 0 Å². The molecule has 1 aromatic carbocycles. The van der Waals surface area contributed by atoms with Crippen molar-refractivity contribution in [1.29, 1.82) is 0 Å². The number of carbonyl (C=O) groups excluding carboxylic acids is 1. The lowest BCUT2D eigenvalue weighted by Gasteiger charge is -2.04. The molecule has 92 valence electrons. The van der Waals surface area contributed by atoms with E-state index >= 15 is 0 Å². The Kier molecular flexibility index (Phi) is 4.20. The maximum Gasteiger partial charge on any atom is 0.176 e. The van der Waals surface area contributed by atoms with Gasteiger partial charge < -0.3 is 5.32 Å². The van der Waals surface area contributed by atoms with E-state index in [4.69, 9.17) is 0 Å². The Morgan fingerprint density at radius 1 is 1.22 bits per heavy atom. The van der Waals surface area contributed by atoms with E-state index < -0.39 is 0 Å². The van der Waals surface area contributed by atoms with Gasteiger partial charge in [-0.1, -0.05) is 35.9 Å². The number of ketones is 1. The second-order valence-corrected chi connectivity index (χ2v) is 4.25. The third-order valence-corrected chi connectivity index (χ3v) is 2.71. The van der Waals surface area contributed by atoms with Gasteiger partial charge in [-0.05, 0) is 18.6 Å². The molecule has 3 nitrogen and oxygen atoms in total. The number of carbonyl (C=O) groups is 1. The van der Waals surface area contributed by atoms with Gasteiger partial charge in [-0.3, -0.25) is 9.78 Å². The number of nitrogens with zero attached hydrogens (tertiary/aromatic N) is 1. The van der Waals surface area contributed by atoms with Gasteiger partial charge in [0.05, 0.1) is 6.54 Å². The van der Waals surface area contributed by atoms with Gasteiger partial charge in [0.15, 0.2) is 5.78 Å². The monoisotopic (exact) mass is 240 g/mol. The van der Waals surface area contributed by atoms with Crippen molar-refractivity contribution in [3.8, 4) is 0 Å². The minimum atomic E-state index is 0.110. The van der Waals surface area contributed by atoms with Gasteiger partial charge in [0.2, 0.25) is 0 Å². The summed E-state index contributed by atoms with van der Waals surface area (Å²) in [4.78, 5) is 15.9. The minimum Gasteiger partial charge on any atom is -0.306 e. The molecule has 0 unspecified atom stereocenters. The zero-order valence-corrected chi connectivity index (χ0v) is 10.4. The Hall–Kier alpha value is -2.00. The largest absolute Gasteiger partial charge is 0.306 e. The Morgan fingerprint density at radius 2 is 2.00 bits per heavy atom. The Morgan fingerprint density at radius 3 is 2.67 bits per heavy atom. The smallest absolute Gasteiger partial charge is 0.176 e. The zero-order chi connectivity index (χ0) is 12.8.